The third kappa shape index (κ3) is 5.06. The Morgan fingerprint density at radius 3 is 2.31 bits per heavy atom. The molecule has 0 bridgehead atoms. The van der Waals surface area contributed by atoms with Crippen molar-refractivity contribution in [2.24, 2.45) is 0 Å². The maximum atomic E-state index is 13.3. The Labute approximate surface area is 192 Å². The van der Waals surface area contributed by atoms with E-state index in [1.54, 1.807) is 35.2 Å². The summed E-state index contributed by atoms with van der Waals surface area (Å²) in [5, 5.41) is 0.583. The molecule has 0 atom stereocenters. The number of nitrogens with zero attached hydrogens (tertiary/aromatic N) is 2. The van der Waals surface area contributed by atoms with Crippen molar-refractivity contribution in [2.75, 3.05) is 10.7 Å². The number of amides is 1. The molecular formula is C25H24N2O3S2. The molecule has 3 aromatic carbocycles. The van der Waals surface area contributed by atoms with E-state index in [4.69, 9.17) is 0 Å². The molecule has 4 rings (SSSR count). The monoisotopic (exact) mass is 464 g/mol. The second-order valence-corrected chi connectivity index (χ2v) is 10.6. The van der Waals surface area contributed by atoms with Gasteiger partial charge in [0.05, 0.1) is 27.4 Å². The number of hydrogen-bond acceptors (Lipinski definition) is 5. The zero-order chi connectivity index (χ0) is 22.6. The first kappa shape index (κ1) is 22.2. The molecule has 1 aromatic heterocycles. The third-order valence-corrected chi connectivity index (χ3v) is 8.03. The van der Waals surface area contributed by atoms with E-state index < -0.39 is 9.84 Å². The molecule has 32 heavy (non-hydrogen) atoms. The normalized spacial score (nSPS) is 11.5. The van der Waals surface area contributed by atoms with Crippen molar-refractivity contribution in [3.05, 3.63) is 90.0 Å². The van der Waals surface area contributed by atoms with Gasteiger partial charge in [-0.15, -0.1) is 0 Å². The zero-order valence-electron chi connectivity index (χ0n) is 17.8. The number of benzene rings is 3. The van der Waals surface area contributed by atoms with Gasteiger partial charge < -0.3 is 0 Å². The van der Waals surface area contributed by atoms with Gasteiger partial charge in [0, 0.05) is 6.42 Å². The summed E-state index contributed by atoms with van der Waals surface area (Å²) in [6.07, 6.45) is 0.813. The number of aromatic nitrogens is 1. The number of rotatable bonds is 8. The van der Waals surface area contributed by atoms with Crippen molar-refractivity contribution in [1.29, 1.82) is 0 Å². The van der Waals surface area contributed by atoms with Crippen molar-refractivity contribution < 1.29 is 13.2 Å². The lowest BCUT2D eigenvalue weighted by Gasteiger charge is -2.20. The van der Waals surface area contributed by atoms with Crippen LogP contribution in [0.2, 0.25) is 0 Å². The fraction of sp³-hybridized carbons (Fsp3) is 0.200. The van der Waals surface area contributed by atoms with Crippen LogP contribution in [0, 0.1) is 0 Å². The van der Waals surface area contributed by atoms with Crippen LogP contribution in [0.5, 0.6) is 0 Å². The minimum absolute atomic E-state index is 0.111. The Morgan fingerprint density at radius 2 is 1.62 bits per heavy atom. The fourth-order valence-corrected chi connectivity index (χ4v) is 5.72. The molecule has 0 unspecified atom stereocenters. The van der Waals surface area contributed by atoms with E-state index in [2.05, 4.69) is 18.0 Å². The van der Waals surface area contributed by atoms with E-state index in [0.29, 0.717) is 11.7 Å². The molecular weight excluding hydrogens is 440 g/mol. The molecule has 1 heterocycles. The lowest BCUT2D eigenvalue weighted by atomic mass is 10.2. The van der Waals surface area contributed by atoms with Crippen LogP contribution >= 0.6 is 11.3 Å². The van der Waals surface area contributed by atoms with Crippen molar-refractivity contribution in [2.45, 2.75) is 31.2 Å². The number of hydrogen-bond donors (Lipinski definition) is 0. The minimum atomic E-state index is -3.54. The summed E-state index contributed by atoms with van der Waals surface area (Å²) in [6, 6.07) is 24.0. The maximum Gasteiger partial charge on any atom is 0.230 e. The second kappa shape index (κ2) is 9.63. The van der Waals surface area contributed by atoms with E-state index in [1.807, 2.05) is 42.5 Å². The molecule has 0 aliphatic carbocycles. The standard InChI is InChI=1S/C25H24N2O3S2/c1-2-19-13-14-22-23(17-19)31-25(26-22)27(18-20-9-5-3-6-10-20)24(28)15-16-32(29,30)21-11-7-4-8-12-21/h3-14,17H,2,15-16,18H2,1H3. The summed E-state index contributed by atoms with van der Waals surface area (Å²) in [5.41, 5.74) is 3.01. The second-order valence-electron chi connectivity index (χ2n) is 7.50. The Balaban J connectivity index is 1.61. The average molecular weight is 465 g/mol. The predicted molar refractivity (Wildman–Crippen MR) is 130 cm³/mol. The van der Waals surface area contributed by atoms with Crippen molar-refractivity contribution in [1.82, 2.24) is 4.98 Å². The minimum Gasteiger partial charge on any atom is -0.284 e. The van der Waals surface area contributed by atoms with Gasteiger partial charge in [0.1, 0.15) is 0 Å². The third-order valence-electron chi connectivity index (χ3n) is 5.25. The first-order chi connectivity index (χ1) is 15.5. The Morgan fingerprint density at radius 1 is 0.938 bits per heavy atom. The number of thiazole rings is 1. The highest BCUT2D eigenvalue weighted by atomic mass is 32.2. The molecule has 164 valence electrons. The van der Waals surface area contributed by atoms with Gasteiger partial charge in [0.15, 0.2) is 15.0 Å². The van der Waals surface area contributed by atoms with Crippen LogP contribution in [-0.4, -0.2) is 25.1 Å². The summed E-state index contributed by atoms with van der Waals surface area (Å²) in [5.74, 6) is -0.505. The highest BCUT2D eigenvalue weighted by Gasteiger charge is 2.23. The molecule has 0 fully saturated rings. The zero-order valence-corrected chi connectivity index (χ0v) is 19.4. The Hall–Kier alpha value is -3.03. The number of anilines is 1. The van der Waals surface area contributed by atoms with Crippen LogP contribution in [0.15, 0.2) is 83.8 Å². The van der Waals surface area contributed by atoms with Gasteiger partial charge in [-0.1, -0.05) is 72.9 Å². The molecule has 0 aliphatic rings. The van der Waals surface area contributed by atoms with Gasteiger partial charge in [-0.25, -0.2) is 13.4 Å². The van der Waals surface area contributed by atoms with E-state index in [9.17, 15) is 13.2 Å². The van der Waals surface area contributed by atoms with Gasteiger partial charge in [0.2, 0.25) is 5.91 Å². The molecule has 5 nitrogen and oxygen atoms in total. The molecule has 0 radical (unpaired) electrons. The molecule has 0 spiro atoms. The lowest BCUT2D eigenvalue weighted by molar-refractivity contribution is -0.118. The van der Waals surface area contributed by atoms with E-state index in [1.165, 1.54) is 16.9 Å². The van der Waals surface area contributed by atoms with Crippen LogP contribution < -0.4 is 4.90 Å². The average Bonchev–Trinajstić information content (AvgIpc) is 3.25. The fourth-order valence-electron chi connectivity index (χ4n) is 3.42. The van der Waals surface area contributed by atoms with Gasteiger partial charge in [-0.2, -0.15) is 0 Å². The van der Waals surface area contributed by atoms with Crippen molar-refractivity contribution in [3.63, 3.8) is 0 Å². The van der Waals surface area contributed by atoms with Crippen molar-refractivity contribution >= 4 is 42.4 Å². The van der Waals surface area contributed by atoms with E-state index in [0.717, 1.165) is 22.2 Å². The predicted octanol–water partition coefficient (Wildman–Crippen LogP) is 5.26. The number of carbonyl (C=O) groups excluding carboxylic acids is 1. The first-order valence-corrected chi connectivity index (χ1v) is 12.9. The van der Waals surface area contributed by atoms with Gasteiger partial charge in [-0.05, 0) is 41.8 Å². The quantitative estimate of drug-likeness (QED) is 0.357. The van der Waals surface area contributed by atoms with Crippen LogP contribution in [0.25, 0.3) is 10.2 Å². The molecule has 1 amide bonds. The van der Waals surface area contributed by atoms with Gasteiger partial charge in [0.25, 0.3) is 0 Å². The molecule has 0 saturated carbocycles. The maximum absolute atomic E-state index is 13.3. The summed E-state index contributed by atoms with van der Waals surface area (Å²) in [7, 11) is -3.54. The SMILES string of the molecule is CCc1ccc2nc(N(Cc3ccccc3)C(=O)CCS(=O)(=O)c3ccccc3)sc2c1. The molecule has 4 aromatic rings. The highest BCUT2D eigenvalue weighted by Crippen LogP contribution is 2.31. The number of carbonyl (C=O) groups is 1. The molecule has 0 aliphatic heterocycles. The highest BCUT2D eigenvalue weighted by molar-refractivity contribution is 7.91. The summed E-state index contributed by atoms with van der Waals surface area (Å²) in [4.78, 5) is 19.8. The van der Waals surface area contributed by atoms with Crippen molar-refractivity contribution in [3.8, 4) is 0 Å². The van der Waals surface area contributed by atoms with E-state index >= 15 is 0 Å². The smallest absolute Gasteiger partial charge is 0.230 e. The largest absolute Gasteiger partial charge is 0.284 e. The molecule has 0 N–H and O–H groups in total. The number of sulfone groups is 1. The summed E-state index contributed by atoms with van der Waals surface area (Å²) >= 11 is 1.46. The lowest BCUT2D eigenvalue weighted by Crippen LogP contribution is -2.31. The summed E-state index contributed by atoms with van der Waals surface area (Å²) < 4.78 is 26.4. The molecule has 7 heteroatoms. The van der Waals surface area contributed by atoms with Crippen LogP contribution in [0.1, 0.15) is 24.5 Å². The van der Waals surface area contributed by atoms with Crippen LogP contribution in [0.3, 0.4) is 0 Å². The van der Waals surface area contributed by atoms with Gasteiger partial charge in [-0.3, -0.25) is 9.69 Å². The number of aryl methyl sites for hydroxylation is 1. The van der Waals surface area contributed by atoms with E-state index in [-0.39, 0.29) is 23.0 Å². The number of fused-ring (bicyclic) bond motifs is 1. The summed E-state index contributed by atoms with van der Waals surface area (Å²) in [6.45, 7) is 2.44. The topological polar surface area (TPSA) is 67.3 Å². The molecule has 0 saturated heterocycles. The van der Waals surface area contributed by atoms with Crippen LogP contribution in [-0.2, 0) is 27.6 Å². The van der Waals surface area contributed by atoms with Crippen LogP contribution in [0.4, 0.5) is 5.13 Å². The Bertz CT molecular complexity index is 1320. The van der Waals surface area contributed by atoms with Gasteiger partial charge >= 0.3 is 0 Å². The Kier molecular flexibility index (Phi) is 6.67. The first-order valence-electron chi connectivity index (χ1n) is 10.5.